The molecule has 2 rings (SSSR count). The van der Waals surface area contributed by atoms with Gasteiger partial charge in [-0.2, -0.15) is 0 Å². The number of imide groups is 1. The van der Waals surface area contributed by atoms with E-state index >= 15 is 0 Å². The topological polar surface area (TPSA) is 72.2 Å². The predicted octanol–water partition coefficient (Wildman–Crippen LogP) is 3.08. The summed E-state index contributed by atoms with van der Waals surface area (Å²) in [6.45, 7) is 3.77. The minimum atomic E-state index is -0.816. The van der Waals surface area contributed by atoms with Crippen LogP contribution in [0.15, 0.2) is 41.4 Å². The van der Waals surface area contributed by atoms with Crippen LogP contribution >= 0.6 is 15.9 Å². The molecule has 2 atom stereocenters. The van der Waals surface area contributed by atoms with Gasteiger partial charge < -0.3 is 5.73 Å². The lowest BCUT2D eigenvalue weighted by atomic mass is 9.83. The molecule has 1 fully saturated rings. The number of rotatable bonds is 3. The van der Waals surface area contributed by atoms with Crippen molar-refractivity contribution in [3.63, 3.8) is 0 Å². The molecule has 106 valence electrons. The van der Waals surface area contributed by atoms with Gasteiger partial charge in [-0.3, -0.25) is 10.1 Å². The number of amides is 3. The Labute approximate surface area is 126 Å². The minimum Gasteiger partial charge on any atom is -0.351 e. The first-order valence-electron chi connectivity index (χ1n) is 6.47. The van der Waals surface area contributed by atoms with Crippen LogP contribution in [0.1, 0.15) is 30.7 Å². The van der Waals surface area contributed by atoms with Crippen molar-refractivity contribution in [1.29, 1.82) is 0 Å². The van der Waals surface area contributed by atoms with Crippen molar-refractivity contribution < 1.29 is 9.59 Å². The molecule has 3 N–H and O–H groups in total. The zero-order valence-electron chi connectivity index (χ0n) is 11.1. The van der Waals surface area contributed by atoms with Crippen LogP contribution in [0.25, 0.3) is 0 Å². The molecular weight excluding hydrogens is 320 g/mol. The second-order valence-electron chi connectivity index (χ2n) is 5.17. The highest BCUT2D eigenvalue weighted by atomic mass is 79.9. The van der Waals surface area contributed by atoms with Gasteiger partial charge in [-0.1, -0.05) is 34.1 Å². The van der Waals surface area contributed by atoms with E-state index < -0.39 is 11.4 Å². The fourth-order valence-corrected chi connectivity index (χ4v) is 3.08. The molecule has 0 heterocycles. The molecular formula is C15H17BrN2O2. The first-order chi connectivity index (χ1) is 9.47. The Balaban J connectivity index is 2.16. The molecule has 0 saturated heterocycles. The van der Waals surface area contributed by atoms with Gasteiger partial charge in [0.25, 0.3) is 0 Å². The van der Waals surface area contributed by atoms with Crippen LogP contribution < -0.4 is 11.1 Å². The molecule has 1 aliphatic rings. The molecule has 1 aliphatic carbocycles. The maximum absolute atomic E-state index is 12.1. The number of hydrogen-bond donors (Lipinski definition) is 2. The Kier molecular flexibility index (Phi) is 4.28. The summed E-state index contributed by atoms with van der Waals surface area (Å²) >= 11 is 3.41. The van der Waals surface area contributed by atoms with Gasteiger partial charge in [-0.15, -0.1) is 6.58 Å². The Bertz CT molecular complexity index is 541. The molecule has 20 heavy (non-hydrogen) atoms. The van der Waals surface area contributed by atoms with Gasteiger partial charge in [0, 0.05) is 4.47 Å². The molecule has 1 aromatic rings. The largest absolute Gasteiger partial charge is 0.351 e. The van der Waals surface area contributed by atoms with Gasteiger partial charge >= 0.3 is 6.03 Å². The summed E-state index contributed by atoms with van der Waals surface area (Å²) in [5.41, 5.74) is 5.52. The maximum atomic E-state index is 12.1. The van der Waals surface area contributed by atoms with Crippen LogP contribution in [-0.4, -0.2) is 11.9 Å². The van der Waals surface area contributed by atoms with Crippen LogP contribution in [-0.2, 0) is 4.79 Å². The van der Waals surface area contributed by atoms with Crippen molar-refractivity contribution in [1.82, 2.24) is 5.32 Å². The van der Waals surface area contributed by atoms with Crippen LogP contribution in [0, 0.1) is 5.41 Å². The molecule has 4 nitrogen and oxygen atoms in total. The SMILES string of the molecule is C=C[C@]1(C(=O)NC(N)=O)CC[C@H](c2ccc(Br)cc2)C1. The zero-order valence-corrected chi connectivity index (χ0v) is 12.7. The fourth-order valence-electron chi connectivity index (χ4n) is 2.82. The molecule has 1 aromatic carbocycles. The van der Waals surface area contributed by atoms with Crippen molar-refractivity contribution in [3.05, 3.63) is 47.0 Å². The molecule has 0 radical (unpaired) electrons. The van der Waals surface area contributed by atoms with Gasteiger partial charge in [-0.05, 0) is 42.9 Å². The number of primary amides is 1. The summed E-state index contributed by atoms with van der Waals surface area (Å²) in [7, 11) is 0. The van der Waals surface area contributed by atoms with Gasteiger partial charge in [0.2, 0.25) is 5.91 Å². The zero-order chi connectivity index (χ0) is 14.8. The Morgan fingerprint density at radius 3 is 2.60 bits per heavy atom. The summed E-state index contributed by atoms with van der Waals surface area (Å²) < 4.78 is 1.03. The molecule has 0 unspecified atom stereocenters. The summed E-state index contributed by atoms with van der Waals surface area (Å²) in [6, 6.07) is 7.28. The lowest BCUT2D eigenvalue weighted by molar-refractivity contribution is -0.127. The monoisotopic (exact) mass is 336 g/mol. The van der Waals surface area contributed by atoms with Crippen LogP contribution in [0.4, 0.5) is 4.79 Å². The van der Waals surface area contributed by atoms with Crippen molar-refractivity contribution in [3.8, 4) is 0 Å². The third-order valence-electron chi connectivity index (χ3n) is 3.97. The smallest absolute Gasteiger partial charge is 0.318 e. The van der Waals surface area contributed by atoms with Crippen LogP contribution in [0.3, 0.4) is 0 Å². The third-order valence-corrected chi connectivity index (χ3v) is 4.50. The molecule has 1 saturated carbocycles. The van der Waals surface area contributed by atoms with Crippen molar-refractivity contribution in [2.24, 2.45) is 11.1 Å². The van der Waals surface area contributed by atoms with E-state index in [1.807, 2.05) is 12.1 Å². The molecule has 3 amide bonds. The number of nitrogens with one attached hydrogen (secondary N) is 1. The summed E-state index contributed by atoms with van der Waals surface area (Å²) in [5, 5.41) is 2.18. The quantitative estimate of drug-likeness (QED) is 0.832. The van der Waals surface area contributed by atoms with Gasteiger partial charge in [0.15, 0.2) is 0 Å². The molecule has 0 aliphatic heterocycles. The standard InChI is InChI=1S/C15H17BrN2O2/c1-2-15(13(19)18-14(17)20)8-7-11(9-15)10-3-5-12(16)6-4-10/h2-6,11H,1,7-9H2,(H3,17,18,19,20)/t11-,15-/m0/s1. The average molecular weight is 337 g/mol. The van der Waals surface area contributed by atoms with E-state index in [0.29, 0.717) is 18.8 Å². The maximum Gasteiger partial charge on any atom is 0.318 e. The summed E-state index contributed by atoms with van der Waals surface area (Å²) in [5.74, 6) is -0.0562. The van der Waals surface area contributed by atoms with Crippen molar-refractivity contribution >= 4 is 27.9 Å². The fraction of sp³-hybridized carbons (Fsp3) is 0.333. The number of carbonyl (C=O) groups is 2. The third kappa shape index (κ3) is 2.93. The number of nitrogens with two attached hydrogens (primary N) is 1. The summed E-state index contributed by atoms with van der Waals surface area (Å²) in [6.07, 6.45) is 3.86. The Morgan fingerprint density at radius 1 is 1.40 bits per heavy atom. The molecule has 0 spiro atoms. The van der Waals surface area contributed by atoms with E-state index in [0.717, 1.165) is 10.9 Å². The second-order valence-corrected chi connectivity index (χ2v) is 6.09. The lowest BCUT2D eigenvalue weighted by Crippen LogP contribution is -2.43. The van der Waals surface area contributed by atoms with Crippen molar-refractivity contribution in [2.45, 2.75) is 25.2 Å². The highest BCUT2D eigenvalue weighted by Gasteiger charge is 2.43. The normalized spacial score (nSPS) is 25.1. The van der Waals surface area contributed by atoms with E-state index in [1.165, 1.54) is 5.56 Å². The van der Waals surface area contributed by atoms with E-state index in [2.05, 4.69) is 40.0 Å². The molecule has 0 aromatic heterocycles. The number of urea groups is 1. The van der Waals surface area contributed by atoms with Crippen LogP contribution in [0.2, 0.25) is 0 Å². The van der Waals surface area contributed by atoms with Gasteiger partial charge in [-0.25, -0.2) is 4.79 Å². The number of benzene rings is 1. The van der Waals surface area contributed by atoms with Gasteiger partial charge in [0.05, 0.1) is 5.41 Å². The number of halogens is 1. The number of carbonyl (C=O) groups excluding carboxylic acids is 2. The number of hydrogen-bond acceptors (Lipinski definition) is 2. The average Bonchev–Trinajstić information content (AvgIpc) is 2.84. The van der Waals surface area contributed by atoms with E-state index in [9.17, 15) is 9.59 Å². The highest BCUT2D eigenvalue weighted by molar-refractivity contribution is 9.10. The van der Waals surface area contributed by atoms with Crippen molar-refractivity contribution in [2.75, 3.05) is 0 Å². The predicted molar refractivity (Wildman–Crippen MR) is 81.1 cm³/mol. The molecule has 0 bridgehead atoms. The second kappa shape index (κ2) is 5.79. The van der Waals surface area contributed by atoms with Crippen LogP contribution in [0.5, 0.6) is 0 Å². The lowest BCUT2D eigenvalue weighted by Gasteiger charge is -2.23. The van der Waals surface area contributed by atoms with E-state index in [4.69, 9.17) is 5.73 Å². The minimum absolute atomic E-state index is 0.291. The van der Waals surface area contributed by atoms with Gasteiger partial charge in [0.1, 0.15) is 0 Å². The Morgan fingerprint density at radius 2 is 2.05 bits per heavy atom. The Hall–Kier alpha value is -1.62. The first kappa shape index (κ1) is 14.8. The molecule has 5 heteroatoms. The van der Waals surface area contributed by atoms with E-state index in [1.54, 1.807) is 6.08 Å². The first-order valence-corrected chi connectivity index (χ1v) is 7.26. The summed E-state index contributed by atoms with van der Waals surface area (Å²) in [4.78, 5) is 23.0. The highest BCUT2D eigenvalue weighted by Crippen LogP contribution is 2.47. The van der Waals surface area contributed by atoms with E-state index in [-0.39, 0.29) is 5.91 Å².